The second-order valence-electron chi connectivity index (χ2n) is 8.39. The quantitative estimate of drug-likeness (QED) is 0.394. The Kier molecular flexibility index (Phi) is 7.41. The molecule has 2 heterocycles. The molecule has 0 fully saturated rings. The molecule has 1 N–H and O–H groups in total. The second-order valence-corrected chi connectivity index (χ2v) is 8.39. The topological polar surface area (TPSA) is 94.4 Å². The summed E-state index contributed by atoms with van der Waals surface area (Å²) in [4.78, 5) is 25.9. The molecule has 0 amide bonds. The molecule has 0 saturated heterocycles. The zero-order chi connectivity index (χ0) is 23.1. The number of ether oxygens (including phenoxy) is 2. The standard InChI is InChI=1S/C25H29N3O4/c1-5-6-15-31-22-21(24(30)32-25(2,3)4)27-20(28-23(22)29)16-19-18(13-10-14-26-19)17-11-8-7-9-12-17/h7-14H,5-6,15-16H2,1-4H3,(H,27,28,29). The molecule has 32 heavy (non-hydrogen) atoms. The van der Waals surface area contributed by atoms with Gasteiger partial charge in [-0.05, 0) is 38.8 Å². The van der Waals surface area contributed by atoms with Crippen molar-refractivity contribution in [2.24, 2.45) is 0 Å². The Balaban J connectivity index is 1.99. The van der Waals surface area contributed by atoms with Crippen molar-refractivity contribution in [2.75, 3.05) is 6.61 Å². The van der Waals surface area contributed by atoms with Crippen LogP contribution in [0.3, 0.4) is 0 Å². The number of nitrogens with zero attached hydrogens (tertiary/aromatic N) is 3. The van der Waals surface area contributed by atoms with E-state index in [1.54, 1.807) is 27.0 Å². The smallest absolute Gasteiger partial charge is 0.361 e. The lowest BCUT2D eigenvalue weighted by Gasteiger charge is -2.20. The number of rotatable bonds is 8. The average Bonchev–Trinajstić information content (AvgIpc) is 2.75. The van der Waals surface area contributed by atoms with E-state index in [0.717, 1.165) is 29.7 Å². The van der Waals surface area contributed by atoms with Crippen LogP contribution in [0.15, 0.2) is 48.7 Å². The molecular weight excluding hydrogens is 406 g/mol. The first kappa shape index (κ1) is 23.2. The highest BCUT2D eigenvalue weighted by atomic mass is 16.6. The molecule has 0 unspecified atom stereocenters. The molecule has 7 heteroatoms. The number of esters is 1. The van der Waals surface area contributed by atoms with Gasteiger partial charge in [0.15, 0.2) is 5.69 Å². The Labute approximate surface area is 188 Å². The van der Waals surface area contributed by atoms with Gasteiger partial charge in [-0.3, -0.25) is 4.98 Å². The van der Waals surface area contributed by atoms with Crippen LogP contribution in [-0.4, -0.2) is 38.2 Å². The van der Waals surface area contributed by atoms with Crippen molar-refractivity contribution in [3.8, 4) is 22.8 Å². The van der Waals surface area contributed by atoms with Crippen LogP contribution < -0.4 is 4.74 Å². The van der Waals surface area contributed by atoms with E-state index in [1.165, 1.54) is 0 Å². The minimum absolute atomic E-state index is 0.0549. The Morgan fingerprint density at radius 2 is 1.81 bits per heavy atom. The van der Waals surface area contributed by atoms with Crippen LogP contribution in [0.25, 0.3) is 11.1 Å². The first-order valence-electron chi connectivity index (χ1n) is 10.7. The van der Waals surface area contributed by atoms with Gasteiger partial charge in [0.1, 0.15) is 11.4 Å². The number of aromatic hydroxyl groups is 1. The van der Waals surface area contributed by atoms with Gasteiger partial charge in [-0.1, -0.05) is 49.7 Å². The van der Waals surface area contributed by atoms with Gasteiger partial charge in [0.05, 0.1) is 18.7 Å². The maximum atomic E-state index is 12.8. The molecule has 3 aromatic rings. The SMILES string of the molecule is CCCCOc1c(O)nc(Cc2ncccc2-c2ccccc2)nc1C(=O)OC(C)(C)C. The molecule has 0 bridgehead atoms. The molecule has 0 aliphatic heterocycles. The van der Waals surface area contributed by atoms with Crippen molar-refractivity contribution < 1.29 is 19.4 Å². The number of benzene rings is 1. The summed E-state index contributed by atoms with van der Waals surface area (Å²) >= 11 is 0. The summed E-state index contributed by atoms with van der Waals surface area (Å²) in [6.07, 6.45) is 3.59. The average molecular weight is 436 g/mol. The lowest BCUT2D eigenvalue weighted by molar-refractivity contribution is 0.00570. The van der Waals surface area contributed by atoms with Gasteiger partial charge < -0.3 is 14.6 Å². The zero-order valence-corrected chi connectivity index (χ0v) is 19.0. The van der Waals surface area contributed by atoms with Crippen LogP contribution in [-0.2, 0) is 11.2 Å². The molecule has 2 aromatic heterocycles. The number of hydrogen-bond acceptors (Lipinski definition) is 7. The largest absolute Gasteiger partial charge is 0.491 e. The van der Waals surface area contributed by atoms with Gasteiger partial charge in [-0.25, -0.2) is 9.78 Å². The molecular formula is C25H29N3O4. The minimum atomic E-state index is -0.722. The number of unbranched alkanes of at least 4 members (excludes halogenated alkanes) is 1. The van der Waals surface area contributed by atoms with Crippen LogP contribution in [0.1, 0.15) is 62.5 Å². The number of aromatic nitrogens is 3. The Bertz CT molecular complexity index is 1060. The molecule has 0 aliphatic rings. The maximum absolute atomic E-state index is 12.8. The van der Waals surface area contributed by atoms with E-state index in [9.17, 15) is 9.90 Å². The predicted octanol–water partition coefficient (Wildman–Crippen LogP) is 4.97. The van der Waals surface area contributed by atoms with Crippen LogP contribution in [0, 0.1) is 0 Å². The summed E-state index contributed by atoms with van der Waals surface area (Å²) < 4.78 is 11.1. The predicted molar refractivity (Wildman–Crippen MR) is 122 cm³/mol. The second kappa shape index (κ2) is 10.2. The molecule has 168 valence electrons. The van der Waals surface area contributed by atoms with Gasteiger partial charge in [0, 0.05) is 11.8 Å². The van der Waals surface area contributed by atoms with Crippen molar-refractivity contribution in [3.63, 3.8) is 0 Å². The van der Waals surface area contributed by atoms with Crippen LogP contribution in [0.5, 0.6) is 11.6 Å². The zero-order valence-electron chi connectivity index (χ0n) is 19.0. The summed E-state index contributed by atoms with van der Waals surface area (Å²) in [5.41, 5.74) is 1.86. The van der Waals surface area contributed by atoms with Crippen molar-refractivity contribution in [3.05, 3.63) is 65.9 Å². The van der Waals surface area contributed by atoms with Crippen molar-refractivity contribution in [2.45, 2.75) is 52.6 Å². The van der Waals surface area contributed by atoms with Gasteiger partial charge in [0.2, 0.25) is 5.75 Å². The molecule has 0 saturated carbocycles. The van der Waals surface area contributed by atoms with E-state index in [4.69, 9.17) is 9.47 Å². The Hall–Kier alpha value is -3.48. The fourth-order valence-electron chi connectivity index (χ4n) is 3.09. The third-order valence-electron chi connectivity index (χ3n) is 4.53. The van der Waals surface area contributed by atoms with Gasteiger partial charge >= 0.3 is 5.97 Å². The van der Waals surface area contributed by atoms with E-state index in [-0.39, 0.29) is 29.6 Å². The third kappa shape index (κ3) is 6.03. The molecule has 7 nitrogen and oxygen atoms in total. The molecule has 0 radical (unpaired) electrons. The molecule has 0 atom stereocenters. The van der Waals surface area contributed by atoms with Crippen LogP contribution >= 0.6 is 0 Å². The highest BCUT2D eigenvalue weighted by Gasteiger charge is 2.27. The van der Waals surface area contributed by atoms with Gasteiger partial charge in [-0.15, -0.1) is 0 Å². The highest BCUT2D eigenvalue weighted by Crippen LogP contribution is 2.30. The minimum Gasteiger partial charge on any atom is -0.491 e. The van der Waals surface area contributed by atoms with E-state index in [1.807, 2.05) is 49.4 Å². The first-order valence-corrected chi connectivity index (χ1v) is 10.7. The Morgan fingerprint density at radius 1 is 1.06 bits per heavy atom. The van der Waals surface area contributed by atoms with E-state index in [2.05, 4.69) is 15.0 Å². The van der Waals surface area contributed by atoms with Gasteiger partial charge in [0.25, 0.3) is 5.88 Å². The number of pyridine rings is 1. The summed E-state index contributed by atoms with van der Waals surface area (Å²) in [6, 6.07) is 13.7. The normalized spacial score (nSPS) is 11.2. The fourth-order valence-corrected chi connectivity index (χ4v) is 3.09. The lowest BCUT2D eigenvalue weighted by Crippen LogP contribution is -2.25. The van der Waals surface area contributed by atoms with E-state index >= 15 is 0 Å². The van der Waals surface area contributed by atoms with Crippen molar-refractivity contribution in [1.29, 1.82) is 0 Å². The summed E-state index contributed by atoms with van der Waals surface area (Å²) in [6.45, 7) is 7.66. The fraction of sp³-hybridized carbons (Fsp3) is 0.360. The van der Waals surface area contributed by atoms with Gasteiger partial charge in [-0.2, -0.15) is 4.98 Å². The van der Waals surface area contributed by atoms with Crippen molar-refractivity contribution in [1.82, 2.24) is 15.0 Å². The van der Waals surface area contributed by atoms with Crippen LogP contribution in [0.2, 0.25) is 0 Å². The molecule has 0 aliphatic carbocycles. The molecule has 1 aromatic carbocycles. The highest BCUT2D eigenvalue weighted by molar-refractivity contribution is 5.91. The monoisotopic (exact) mass is 435 g/mol. The van der Waals surface area contributed by atoms with E-state index < -0.39 is 11.6 Å². The van der Waals surface area contributed by atoms with Crippen molar-refractivity contribution >= 4 is 5.97 Å². The summed E-state index contributed by atoms with van der Waals surface area (Å²) in [5.74, 6) is -0.862. The first-order chi connectivity index (χ1) is 15.3. The summed E-state index contributed by atoms with van der Waals surface area (Å²) in [7, 11) is 0. The summed E-state index contributed by atoms with van der Waals surface area (Å²) in [5, 5.41) is 10.6. The number of hydrogen-bond donors (Lipinski definition) is 1. The lowest BCUT2D eigenvalue weighted by atomic mass is 10.0. The molecule has 0 spiro atoms. The third-order valence-corrected chi connectivity index (χ3v) is 4.53. The maximum Gasteiger partial charge on any atom is 0.361 e. The van der Waals surface area contributed by atoms with Crippen LogP contribution in [0.4, 0.5) is 0 Å². The van der Waals surface area contributed by atoms with E-state index in [0.29, 0.717) is 6.61 Å². The number of carbonyl (C=O) groups is 1. The number of carbonyl (C=O) groups excluding carboxylic acids is 1. The molecule has 3 rings (SSSR count). The Morgan fingerprint density at radius 3 is 2.50 bits per heavy atom.